The molecular formula is C61H118N2O6P+. The second-order valence-electron chi connectivity index (χ2n) is 21.7. The first-order chi connectivity index (χ1) is 34.0. The average Bonchev–Trinajstić information content (AvgIpc) is 3.32. The smallest absolute Gasteiger partial charge is 0.387 e. The van der Waals surface area contributed by atoms with Crippen molar-refractivity contribution in [1.29, 1.82) is 0 Å². The average molecular weight is 1010 g/mol. The molecule has 9 heteroatoms. The monoisotopic (exact) mass is 1010 g/mol. The topological polar surface area (TPSA) is 105 Å². The molecule has 0 aliphatic heterocycles. The quantitative estimate of drug-likeness (QED) is 0.0243. The summed E-state index contributed by atoms with van der Waals surface area (Å²) in [6.45, 7) is 4.82. The Morgan fingerprint density at radius 3 is 1.23 bits per heavy atom. The van der Waals surface area contributed by atoms with Crippen LogP contribution in [-0.2, 0) is 18.4 Å². The van der Waals surface area contributed by atoms with Crippen LogP contribution in [0.2, 0.25) is 0 Å². The number of nitrogens with zero attached hydrogens (tertiary/aromatic N) is 1. The van der Waals surface area contributed by atoms with E-state index in [2.05, 4.69) is 55.6 Å². The molecule has 0 rings (SSSR count). The van der Waals surface area contributed by atoms with E-state index in [1.54, 1.807) is 6.08 Å². The lowest BCUT2D eigenvalue weighted by Gasteiger charge is -2.25. The molecule has 0 aliphatic rings. The fourth-order valence-electron chi connectivity index (χ4n) is 8.80. The molecule has 3 unspecified atom stereocenters. The number of aliphatic hydroxyl groups excluding tert-OH is 1. The van der Waals surface area contributed by atoms with Crippen molar-refractivity contribution < 1.29 is 32.9 Å². The number of quaternary nitrogens is 1. The highest BCUT2D eigenvalue weighted by molar-refractivity contribution is 7.47. The summed E-state index contributed by atoms with van der Waals surface area (Å²) in [6, 6.07) is -0.864. The number of hydrogen-bond acceptors (Lipinski definition) is 5. The summed E-state index contributed by atoms with van der Waals surface area (Å²) in [4.78, 5) is 23.3. The van der Waals surface area contributed by atoms with Crippen molar-refractivity contribution in [3.63, 3.8) is 0 Å². The van der Waals surface area contributed by atoms with Gasteiger partial charge in [-0.3, -0.25) is 13.8 Å². The van der Waals surface area contributed by atoms with E-state index < -0.39 is 20.0 Å². The lowest BCUT2D eigenvalue weighted by Crippen LogP contribution is -2.45. The fourth-order valence-corrected chi connectivity index (χ4v) is 9.53. The van der Waals surface area contributed by atoms with Crippen molar-refractivity contribution in [2.45, 2.75) is 296 Å². The molecule has 0 aromatic carbocycles. The lowest BCUT2D eigenvalue weighted by atomic mass is 10.0. The molecule has 3 N–H and O–H groups in total. The van der Waals surface area contributed by atoms with E-state index in [0.29, 0.717) is 17.4 Å². The van der Waals surface area contributed by atoms with Crippen LogP contribution in [0.1, 0.15) is 284 Å². The van der Waals surface area contributed by atoms with E-state index in [4.69, 9.17) is 9.05 Å². The normalized spacial score (nSPS) is 14.2. The minimum Gasteiger partial charge on any atom is -0.387 e. The standard InChI is InChI=1S/C61H117N2O6P/c1-6-8-10-12-14-16-18-20-22-24-25-26-27-28-29-30-31-32-33-34-35-36-37-39-41-43-45-47-49-51-53-55-61(65)62-59(58-69-70(66,67)68-57-56-63(3,4)5)60(64)54-52-50-48-46-44-42-40-38-23-21-19-17-15-13-11-9-7-2/h25-26,28-29,44,46,52,54,59-60,64H,6-24,27,30-43,45,47-51,53,55-58H2,1-5H3,(H-,62,65,66,67)/p+1/b26-25-,29-28-,46-44+,54-52+. The molecule has 0 spiro atoms. The first kappa shape index (κ1) is 68.5. The maximum absolute atomic E-state index is 13.0. The van der Waals surface area contributed by atoms with Crippen LogP contribution in [0.25, 0.3) is 0 Å². The summed E-state index contributed by atoms with van der Waals surface area (Å²) < 4.78 is 23.7. The van der Waals surface area contributed by atoms with Gasteiger partial charge in [0.1, 0.15) is 13.2 Å². The first-order valence-electron chi connectivity index (χ1n) is 30.0. The molecule has 0 radical (unpaired) electrons. The molecule has 0 heterocycles. The van der Waals surface area contributed by atoms with Gasteiger partial charge in [-0.1, -0.05) is 262 Å². The van der Waals surface area contributed by atoms with Gasteiger partial charge in [0.2, 0.25) is 5.91 Å². The van der Waals surface area contributed by atoms with Gasteiger partial charge in [-0.2, -0.15) is 0 Å². The Hall–Kier alpha value is -1.54. The van der Waals surface area contributed by atoms with Crippen LogP contribution in [0.4, 0.5) is 0 Å². The number of amides is 1. The molecule has 0 bridgehead atoms. The number of likely N-dealkylation sites (N-methyl/N-ethyl adjacent to an activating group) is 1. The van der Waals surface area contributed by atoms with E-state index >= 15 is 0 Å². The SMILES string of the molecule is CCCCCCCCCCC/C=C\C/C=C\CCCCCCCCCCCCCCCCCC(=O)NC(COP(=O)(O)OCC[N+](C)(C)C)C(O)/C=C/CC/C=C/CCCCCCCCCCCCC. The van der Waals surface area contributed by atoms with E-state index in [9.17, 15) is 19.4 Å². The minimum absolute atomic E-state index is 0.0562. The van der Waals surface area contributed by atoms with Gasteiger partial charge in [0.15, 0.2) is 0 Å². The van der Waals surface area contributed by atoms with Gasteiger partial charge in [0.05, 0.1) is 39.9 Å². The van der Waals surface area contributed by atoms with Gasteiger partial charge in [-0.25, -0.2) is 4.57 Å². The molecule has 0 saturated heterocycles. The van der Waals surface area contributed by atoms with Gasteiger partial charge < -0.3 is 19.8 Å². The molecule has 0 aliphatic carbocycles. The van der Waals surface area contributed by atoms with Gasteiger partial charge >= 0.3 is 7.82 Å². The first-order valence-corrected chi connectivity index (χ1v) is 31.5. The molecule has 3 atom stereocenters. The third kappa shape index (κ3) is 54.2. The van der Waals surface area contributed by atoms with Gasteiger partial charge in [0.25, 0.3) is 0 Å². The number of phosphoric ester groups is 1. The second-order valence-corrected chi connectivity index (χ2v) is 23.2. The van der Waals surface area contributed by atoms with Gasteiger partial charge in [0, 0.05) is 6.42 Å². The zero-order valence-corrected chi connectivity index (χ0v) is 47.9. The third-order valence-corrected chi connectivity index (χ3v) is 14.5. The van der Waals surface area contributed by atoms with Crippen LogP contribution < -0.4 is 5.32 Å². The molecule has 0 fully saturated rings. The molecule has 0 saturated carbocycles. The molecule has 1 amide bonds. The Balaban J connectivity index is 4.12. The van der Waals surface area contributed by atoms with Crippen LogP contribution in [0.15, 0.2) is 48.6 Å². The van der Waals surface area contributed by atoms with Crippen LogP contribution in [0, 0.1) is 0 Å². The summed E-state index contributed by atoms with van der Waals surface area (Å²) >= 11 is 0. The summed E-state index contributed by atoms with van der Waals surface area (Å²) in [5.74, 6) is -0.185. The summed E-state index contributed by atoms with van der Waals surface area (Å²) in [5, 5.41) is 13.9. The summed E-state index contributed by atoms with van der Waals surface area (Å²) in [7, 11) is 1.56. The number of nitrogens with one attached hydrogen (secondary N) is 1. The van der Waals surface area contributed by atoms with Gasteiger partial charge in [-0.05, 0) is 64.2 Å². The molecular weight excluding hydrogens is 888 g/mol. The lowest BCUT2D eigenvalue weighted by molar-refractivity contribution is -0.870. The van der Waals surface area contributed by atoms with Crippen LogP contribution in [0.3, 0.4) is 0 Å². The number of allylic oxidation sites excluding steroid dienone is 7. The van der Waals surface area contributed by atoms with Crippen LogP contribution in [-0.4, -0.2) is 73.4 Å². The highest BCUT2D eigenvalue weighted by Gasteiger charge is 2.27. The van der Waals surface area contributed by atoms with E-state index in [-0.39, 0.29) is 19.1 Å². The number of carbonyl (C=O) groups is 1. The highest BCUT2D eigenvalue weighted by Crippen LogP contribution is 2.43. The number of phosphoric acid groups is 1. The van der Waals surface area contributed by atoms with Crippen LogP contribution >= 0.6 is 7.82 Å². The Morgan fingerprint density at radius 2 is 0.829 bits per heavy atom. The summed E-state index contributed by atoms with van der Waals surface area (Å²) in [5.41, 5.74) is 0. The van der Waals surface area contributed by atoms with Crippen LogP contribution in [0.5, 0.6) is 0 Å². The largest absolute Gasteiger partial charge is 0.472 e. The number of aliphatic hydroxyl groups is 1. The molecule has 0 aromatic rings. The zero-order chi connectivity index (χ0) is 51.3. The Labute approximate surface area is 435 Å². The number of unbranched alkanes of at least 4 members (excludes halogenated alkanes) is 36. The van der Waals surface area contributed by atoms with Crippen molar-refractivity contribution >= 4 is 13.7 Å². The van der Waals surface area contributed by atoms with Crippen molar-refractivity contribution in [1.82, 2.24) is 5.32 Å². The Morgan fingerprint density at radius 1 is 0.486 bits per heavy atom. The predicted molar refractivity (Wildman–Crippen MR) is 304 cm³/mol. The number of hydrogen-bond donors (Lipinski definition) is 3. The van der Waals surface area contributed by atoms with Crippen molar-refractivity contribution in [3.8, 4) is 0 Å². The van der Waals surface area contributed by atoms with Crippen molar-refractivity contribution in [2.75, 3.05) is 40.9 Å². The van der Waals surface area contributed by atoms with E-state index in [1.807, 2.05) is 27.2 Å². The predicted octanol–water partition coefficient (Wildman–Crippen LogP) is 18.3. The number of rotatable bonds is 55. The van der Waals surface area contributed by atoms with E-state index in [1.165, 1.54) is 218 Å². The molecule has 412 valence electrons. The zero-order valence-electron chi connectivity index (χ0n) is 47.0. The fraction of sp³-hybridized carbons (Fsp3) is 0.852. The van der Waals surface area contributed by atoms with Crippen molar-refractivity contribution in [2.24, 2.45) is 0 Å². The molecule has 0 aromatic heterocycles. The Bertz CT molecular complexity index is 1280. The third-order valence-electron chi connectivity index (χ3n) is 13.5. The highest BCUT2D eigenvalue weighted by atomic mass is 31.2. The van der Waals surface area contributed by atoms with Gasteiger partial charge in [-0.15, -0.1) is 0 Å². The Kier molecular flexibility index (Phi) is 51.2. The minimum atomic E-state index is -4.35. The van der Waals surface area contributed by atoms with Crippen molar-refractivity contribution in [3.05, 3.63) is 48.6 Å². The molecule has 70 heavy (non-hydrogen) atoms. The summed E-state index contributed by atoms with van der Waals surface area (Å²) in [6.07, 6.45) is 69.4. The maximum Gasteiger partial charge on any atom is 0.472 e. The molecule has 8 nitrogen and oxygen atoms in total. The number of carbonyl (C=O) groups excluding carboxylic acids is 1. The van der Waals surface area contributed by atoms with E-state index in [0.717, 1.165) is 44.9 Å². The maximum atomic E-state index is 13.0. The second kappa shape index (κ2) is 52.3.